The van der Waals surface area contributed by atoms with E-state index in [0.717, 1.165) is 25.2 Å². The molecule has 0 heterocycles. The summed E-state index contributed by atoms with van der Waals surface area (Å²) >= 11 is -1.57. The van der Waals surface area contributed by atoms with E-state index in [0.29, 0.717) is 45.9 Å². The minimum atomic E-state index is -1.57. The van der Waals surface area contributed by atoms with Crippen LogP contribution in [-0.2, 0) is 16.8 Å². The molecule has 8 unspecified atom stereocenters. The topological polar surface area (TPSA) is 84.4 Å². The minimum Gasteiger partial charge on any atom is -0.588 e. The van der Waals surface area contributed by atoms with E-state index in [4.69, 9.17) is 0 Å². The second-order valence-electron chi connectivity index (χ2n) is 14.9. The number of benzene rings is 1. The average Bonchev–Trinajstić information content (AvgIpc) is 3.22. The molecular weight excluding hydrogens is 504 g/mol. The smallest absolute Gasteiger partial charge is 0.356 e. The Labute approximate surface area is 240 Å². The van der Waals surface area contributed by atoms with Gasteiger partial charge in [-0.15, -0.1) is 4.72 Å². The maximum Gasteiger partial charge on any atom is 0.356 e. The molecule has 39 heavy (non-hydrogen) atoms. The van der Waals surface area contributed by atoms with E-state index in [9.17, 15) is 14.5 Å². The van der Waals surface area contributed by atoms with Gasteiger partial charge in [-0.3, -0.25) is 0 Å². The molecule has 0 bridgehead atoms. The maximum absolute atomic E-state index is 12.6. The van der Waals surface area contributed by atoms with Crippen LogP contribution in [0, 0.1) is 40.4 Å². The first-order valence-corrected chi connectivity index (χ1v) is 16.8. The van der Waals surface area contributed by atoms with Crippen LogP contribution in [0.4, 0.5) is 4.79 Å². The molecule has 0 spiro atoms. The monoisotopic (exact) mass is 556 g/mol. The van der Waals surface area contributed by atoms with E-state index in [-0.39, 0.29) is 17.6 Å². The third-order valence-electron chi connectivity index (χ3n) is 11.9. The molecule has 0 saturated heterocycles. The van der Waals surface area contributed by atoms with Crippen molar-refractivity contribution in [2.24, 2.45) is 40.4 Å². The maximum atomic E-state index is 12.6. The third-order valence-corrected chi connectivity index (χ3v) is 13.0. The van der Waals surface area contributed by atoms with Crippen molar-refractivity contribution < 1.29 is 14.5 Å². The van der Waals surface area contributed by atoms with Crippen molar-refractivity contribution in [3.05, 3.63) is 29.8 Å². The van der Waals surface area contributed by atoms with Crippen LogP contribution in [0.3, 0.4) is 0 Å². The van der Waals surface area contributed by atoms with Crippen molar-refractivity contribution in [3.8, 4) is 0 Å². The highest BCUT2D eigenvalue weighted by Gasteiger charge is 2.61. The largest absolute Gasteiger partial charge is 0.588 e. The summed E-state index contributed by atoms with van der Waals surface area (Å²) in [6, 6.07) is 7.26. The highest BCUT2D eigenvalue weighted by atomic mass is 32.2. The summed E-state index contributed by atoms with van der Waals surface area (Å²) in [4.78, 5) is 13.0. The number of urea groups is 1. The van der Waals surface area contributed by atoms with Crippen LogP contribution in [0.25, 0.3) is 0 Å². The second-order valence-corrected chi connectivity index (χ2v) is 16.1. The zero-order valence-corrected chi connectivity index (χ0v) is 25.7. The van der Waals surface area contributed by atoms with E-state index < -0.39 is 11.4 Å². The number of amides is 2. The lowest BCUT2D eigenvalue weighted by atomic mass is 9.44. The van der Waals surface area contributed by atoms with Crippen LogP contribution in [0.5, 0.6) is 0 Å². The van der Waals surface area contributed by atoms with Gasteiger partial charge >= 0.3 is 6.03 Å². The molecule has 5 rings (SSSR count). The summed E-state index contributed by atoms with van der Waals surface area (Å²) in [6.45, 7) is 12.1. The molecule has 3 N–H and O–H groups in total. The van der Waals surface area contributed by atoms with Crippen LogP contribution in [0.1, 0.15) is 111 Å². The number of fused-ring (bicyclic) bond motifs is 5. The van der Waals surface area contributed by atoms with Crippen molar-refractivity contribution in [2.45, 2.75) is 122 Å². The molecule has 4 fully saturated rings. The summed E-state index contributed by atoms with van der Waals surface area (Å²) < 4.78 is 15.2. The van der Waals surface area contributed by atoms with Crippen LogP contribution >= 0.6 is 0 Å². The summed E-state index contributed by atoms with van der Waals surface area (Å²) in [7, 11) is 0. The van der Waals surface area contributed by atoms with E-state index in [1.54, 1.807) is 0 Å². The number of carbonyl (C=O) groups is 1. The van der Waals surface area contributed by atoms with Gasteiger partial charge in [0.05, 0.1) is 6.10 Å². The predicted octanol–water partition coefficient (Wildman–Crippen LogP) is 7.11. The van der Waals surface area contributed by atoms with Crippen molar-refractivity contribution in [1.29, 1.82) is 0 Å². The van der Waals surface area contributed by atoms with E-state index in [2.05, 4.69) is 44.7 Å². The predicted molar refractivity (Wildman–Crippen MR) is 159 cm³/mol. The van der Waals surface area contributed by atoms with Gasteiger partial charge in [0.15, 0.2) is 4.90 Å². The lowest BCUT2D eigenvalue weighted by Crippen LogP contribution is -2.57. The summed E-state index contributed by atoms with van der Waals surface area (Å²) in [5, 5.41) is 14.3. The minimum absolute atomic E-state index is 0.0351. The molecule has 5 nitrogen and oxygen atoms in total. The number of hydrogen-bond acceptors (Lipinski definition) is 3. The normalized spacial score (nSPS) is 38.7. The summed E-state index contributed by atoms with van der Waals surface area (Å²) in [5.41, 5.74) is 1.96. The number of rotatable bonds is 6. The van der Waals surface area contributed by atoms with Crippen LogP contribution in [0.15, 0.2) is 29.2 Å². The molecule has 4 saturated carbocycles. The van der Waals surface area contributed by atoms with E-state index >= 15 is 0 Å². The Bertz CT molecular complexity index is 1010. The third kappa shape index (κ3) is 5.64. The van der Waals surface area contributed by atoms with Crippen molar-refractivity contribution in [2.75, 3.05) is 6.54 Å². The lowest BCUT2D eigenvalue weighted by Gasteiger charge is -2.62. The molecule has 0 aliphatic heterocycles. The number of hydrogen-bond donors (Lipinski definition) is 3. The molecule has 0 aromatic heterocycles. The van der Waals surface area contributed by atoms with Gasteiger partial charge < -0.3 is 15.0 Å². The van der Waals surface area contributed by atoms with Crippen LogP contribution < -0.4 is 10.0 Å². The van der Waals surface area contributed by atoms with Gasteiger partial charge in [0.25, 0.3) is 0 Å². The Balaban J connectivity index is 1.10. The number of nitrogens with one attached hydrogen (secondary N) is 2. The molecule has 6 heteroatoms. The fourth-order valence-electron chi connectivity index (χ4n) is 9.65. The summed E-state index contributed by atoms with van der Waals surface area (Å²) in [6.07, 6.45) is 13.4. The Morgan fingerprint density at radius 2 is 1.74 bits per heavy atom. The van der Waals surface area contributed by atoms with Crippen molar-refractivity contribution >= 4 is 17.4 Å². The van der Waals surface area contributed by atoms with Crippen molar-refractivity contribution in [3.63, 3.8) is 0 Å². The highest BCUT2D eigenvalue weighted by Crippen LogP contribution is 2.67. The van der Waals surface area contributed by atoms with Crippen molar-refractivity contribution in [1.82, 2.24) is 10.0 Å². The Morgan fingerprint density at radius 1 is 1.03 bits per heavy atom. The first kappa shape index (κ1) is 29.3. The molecule has 0 radical (unpaired) electrons. The van der Waals surface area contributed by atoms with Gasteiger partial charge in [0, 0.05) is 6.54 Å². The van der Waals surface area contributed by atoms with E-state index in [1.165, 1.54) is 56.9 Å². The fraction of sp³-hybridized carbons (Fsp3) is 0.788. The molecule has 4 aliphatic carbocycles. The zero-order valence-electron chi connectivity index (χ0n) is 24.9. The molecule has 218 valence electrons. The first-order valence-electron chi connectivity index (χ1n) is 15.7. The van der Waals surface area contributed by atoms with Gasteiger partial charge in [-0.05, 0) is 121 Å². The highest BCUT2D eigenvalue weighted by molar-refractivity contribution is 7.90. The molecule has 1 aromatic rings. The van der Waals surface area contributed by atoms with E-state index in [1.807, 2.05) is 24.3 Å². The number of aliphatic hydroxyl groups is 1. The quantitative estimate of drug-likeness (QED) is 0.258. The van der Waals surface area contributed by atoms with Gasteiger partial charge in [-0.2, -0.15) is 0 Å². The Kier molecular flexibility index (Phi) is 8.41. The SMILES string of the molecule is CC(C)(C)c1ccc([S+]([O-])NC(=O)NCCC[C@H]2CCC3C4C(O)CC5CCCCC5(C)C4CCC32C)cc1. The molecule has 4 aliphatic rings. The molecule has 2 amide bonds. The van der Waals surface area contributed by atoms with Crippen LogP contribution in [-0.4, -0.2) is 28.3 Å². The molecule has 9 atom stereocenters. The van der Waals surface area contributed by atoms with Gasteiger partial charge in [-0.1, -0.05) is 59.6 Å². The number of carbonyl (C=O) groups excluding carboxylic acids is 1. The van der Waals surface area contributed by atoms with Gasteiger partial charge in [0.2, 0.25) is 0 Å². The Morgan fingerprint density at radius 3 is 2.46 bits per heavy atom. The molecule has 1 aromatic carbocycles. The lowest BCUT2D eigenvalue weighted by molar-refractivity contribution is -0.162. The first-order chi connectivity index (χ1) is 18.4. The standard InChI is InChI=1S/C33H52N2O3S/c1-31(2,3)22-11-14-25(15-12-22)39(38)35-30(37)34-20-8-10-23-13-16-26-29-27(17-19-33(23,26)5)32(4)18-7-6-9-24(32)21-28(29)36/h11-12,14-15,23-24,26-29,36H,6-10,13,16-21H2,1-5H3,(H2,34,35,37)/t23-,24?,26?,27?,28?,29?,32?,33?,39?/m0/s1. The van der Waals surface area contributed by atoms with Gasteiger partial charge in [0.1, 0.15) is 11.4 Å². The molecular formula is C33H52N2O3S. The number of aliphatic hydroxyl groups excluding tert-OH is 1. The van der Waals surface area contributed by atoms with Gasteiger partial charge in [-0.25, -0.2) is 4.79 Å². The average molecular weight is 557 g/mol. The summed E-state index contributed by atoms with van der Waals surface area (Å²) in [5.74, 6) is 3.19. The van der Waals surface area contributed by atoms with Crippen LogP contribution in [0.2, 0.25) is 0 Å². The Hall–Kier alpha value is -1.24. The zero-order chi connectivity index (χ0) is 28.0. The fourth-order valence-corrected chi connectivity index (χ4v) is 10.4. The second kappa shape index (κ2) is 11.2.